The predicted molar refractivity (Wildman–Crippen MR) is 61.2 cm³/mol. The Labute approximate surface area is 103 Å². The molecule has 2 aromatic rings. The molecule has 2 rings (SSSR count). The molecule has 0 aliphatic carbocycles. The van der Waals surface area contributed by atoms with Gasteiger partial charge in [0.2, 0.25) is 11.0 Å². The first-order valence-electron chi connectivity index (χ1n) is 4.80. The van der Waals surface area contributed by atoms with E-state index in [1.54, 1.807) is 0 Å². The van der Waals surface area contributed by atoms with E-state index in [0.29, 0.717) is 0 Å². The van der Waals surface area contributed by atoms with Crippen LogP contribution in [0.25, 0.3) is 11.0 Å². The van der Waals surface area contributed by atoms with Gasteiger partial charge in [0.1, 0.15) is 6.26 Å². The third kappa shape index (κ3) is 1.82. The van der Waals surface area contributed by atoms with Crippen molar-refractivity contribution in [2.45, 2.75) is 0 Å². The fourth-order valence-electron chi connectivity index (χ4n) is 1.60. The summed E-state index contributed by atoms with van der Waals surface area (Å²) in [6.07, 6.45) is 0.965. The molecule has 0 aliphatic heterocycles. The Bertz CT molecular complexity index is 777. The van der Waals surface area contributed by atoms with Crippen molar-refractivity contribution in [2.24, 2.45) is 0 Å². The Morgan fingerprint density at radius 1 is 1.16 bits per heavy atom. The number of hydrogen-bond donors (Lipinski definition) is 0. The second-order valence-corrected chi connectivity index (χ2v) is 3.46. The fourth-order valence-corrected chi connectivity index (χ4v) is 1.60. The van der Waals surface area contributed by atoms with Crippen molar-refractivity contribution in [3.63, 3.8) is 0 Å². The molecule has 0 atom stereocenters. The molecule has 1 heterocycles. The van der Waals surface area contributed by atoms with Crippen LogP contribution in [0.5, 0.6) is 0 Å². The third-order valence-corrected chi connectivity index (χ3v) is 2.43. The third-order valence-electron chi connectivity index (χ3n) is 2.43. The van der Waals surface area contributed by atoms with Gasteiger partial charge in [0, 0.05) is 6.07 Å². The molecule has 0 saturated heterocycles. The smallest absolute Gasteiger partial charge is 0.388 e. The van der Waals surface area contributed by atoms with Gasteiger partial charge in [0.25, 0.3) is 0 Å². The minimum absolute atomic E-state index is 0.235. The van der Waals surface area contributed by atoms with E-state index in [1.165, 1.54) is 0 Å². The van der Waals surface area contributed by atoms with Gasteiger partial charge in [-0.2, -0.15) is 0 Å². The molecule has 0 unspecified atom stereocenters. The molecule has 0 amide bonds. The van der Waals surface area contributed by atoms with Crippen molar-refractivity contribution in [1.29, 1.82) is 0 Å². The number of nitro benzene ring substituents is 2. The summed E-state index contributed by atoms with van der Waals surface area (Å²) in [6.45, 7) is 0. The Balaban J connectivity index is 3.00. The Kier molecular flexibility index (Phi) is 2.79. The Morgan fingerprint density at radius 3 is 2.37 bits per heavy atom. The van der Waals surface area contributed by atoms with Crippen LogP contribution in [0.2, 0.25) is 0 Å². The predicted octanol–water partition coefficient (Wildman–Crippen LogP) is 1.42. The normalized spacial score (nSPS) is 10.3. The molecule has 1 aromatic heterocycles. The summed E-state index contributed by atoms with van der Waals surface area (Å²) in [6, 6.07) is 1.84. The van der Waals surface area contributed by atoms with E-state index in [9.17, 15) is 29.8 Å². The maximum atomic E-state index is 11.7. The van der Waals surface area contributed by atoms with Crippen LogP contribution in [-0.4, -0.2) is 16.1 Å². The maximum absolute atomic E-state index is 11.7. The Morgan fingerprint density at radius 2 is 1.84 bits per heavy atom. The van der Waals surface area contributed by atoms with Gasteiger partial charge in [-0.1, -0.05) is 0 Å². The van der Waals surface area contributed by atoms with Gasteiger partial charge in [-0.3, -0.25) is 29.8 Å². The van der Waals surface area contributed by atoms with Crippen molar-refractivity contribution in [3.8, 4) is 0 Å². The minimum atomic E-state index is -1.01. The zero-order valence-electron chi connectivity index (χ0n) is 9.06. The molecule has 0 aliphatic rings. The van der Waals surface area contributed by atoms with Crippen LogP contribution in [0.3, 0.4) is 0 Å². The van der Waals surface area contributed by atoms with Crippen molar-refractivity contribution in [2.75, 3.05) is 0 Å². The molecule has 0 fully saturated rings. The highest BCUT2D eigenvalue weighted by molar-refractivity contribution is 5.92. The lowest BCUT2D eigenvalue weighted by atomic mass is 10.1. The minimum Gasteiger partial charge on any atom is -0.456 e. The largest absolute Gasteiger partial charge is 0.456 e. The number of carbonyl (C=O) groups excluding carboxylic acids is 1. The van der Waals surface area contributed by atoms with E-state index in [2.05, 4.69) is 0 Å². The van der Waals surface area contributed by atoms with Crippen molar-refractivity contribution in [1.82, 2.24) is 0 Å². The van der Waals surface area contributed by atoms with Gasteiger partial charge in [-0.15, -0.1) is 0 Å². The number of nitro groups is 2. The summed E-state index contributed by atoms with van der Waals surface area (Å²) < 4.78 is 4.82. The number of aldehydes is 1. The first kappa shape index (κ1) is 12.4. The van der Waals surface area contributed by atoms with E-state index in [4.69, 9.17) is 4.42 Å². The quantitative estimate of drug-likeness (QED) is 0.464. The number of hydrogen-bond acceptors (Lipinski definition) is 7. The van der Waals surface area contributed by atoms with Crippen LogP contribution in [-0.2, 0) is 0 Å². The molecular formula is C10H4N2O7. The van der Waals surface area contributed by atoms with Crippen LogP contribution in [0.15, 0.2) is 27.6 Å². The van der Waals surface area contributed by atoms with Gasteiger partial charge in [0.15, 0.2) is 6.29 Å². The van der Waals surface area contributed by atoms with Crippen LogP contribution in [0.1, 0.15) is 10.4 Å². The molecule has 0 radical (unpaired) electrons. The topological polar surface area (TPSA) is 134 Å². The summed E-state index contributed by atoms with van der Waals surface area (Å²) >= 11 is 0. The summed E-state index contributed by atoms with van der Waals surface area (Å²) in [4.78, 5) is 41.9. The second-order valence-electron chi connectivity index (χ2n) is 3.46. The Hall–Kier alpha value is -3.10. The molecule has 96 valence electrons. The number of fused-ring (bicyclic) bond motifs is 1. The van der Waals surface area contributed by atoms with Crippen LogP contribution < -0.4 is 5.43 Å². The molecular weight excluding hydrogens is 260 g/mol. The maximum Gasteiger partial charge on any atom is 0.388 e. The van der Waals surface area contributed by atoms with Crippen LogP contribution in [0.4, 0.5) is 11.4 Å². The van der Waals surface area contributed by atoms with Gasteiger partial charge >= 0.3 is 11.4 Å². The number of nitrogens with zero attached hydrogens (tertiary/aromatic N) is 2. The van der Waals surface area contributed by atoms with Gasteiger partial charge in [-0.05, 0) is 6.07 Å². The molecule has 0 saturated carbocycles. The van der Waals surface area contributed by atoms with Crippen molar-refractivity contribution >= 4 is 28.6 Å². The fraction of sp³-hybridized carbons (Fsp3) is 0. The highest BCUT2D eigenvalue weighted by Gasteiger charge is 2.30. The lowest BCUT2D eigenvalue weighted by Gasteiger charge is -1.99. The SMILES string of the molecule is O=Cc1coc2c([N+](=O)[O-])c([N+](=O)[O-])ccc2c1=O. The molecule has 0 spiro atoms. The number of benzene rings is 1. The molecule has 19 heavy (non-hydrogen) atoms. The molecule has 9 nitrogen and oxygen atoms in total. The first-order chi connectivity index (χ1) is 8.97. The lowest BCUT2D eigenvalue weighted by Crippen LogP contribution is -2.09. The van der Waals surface area contributed by atoms with Crippen molar-refractivity contribution in [3.05, 3.63) is 54.4 Å². The molecule has 1 aromatic carbocycles. The van der Waals surface area contributed by atoms with E-state index in [1.807, 2.05) is 0 Å². The number of rotatable bonds is 3. The zero-order valence-corrected chi connectivity index (χ0v) is 9.06. The van der Waals surface area contributed by atoms with Crippen LogP contribution in [0, 0.1) is 20.2 Å². The average molecular weight is 264 g/mol. The highest BCUT2D eigenvalue weighted by atomic mass is 16.6. The van der Waals surface area contributed by atoms with Crippen LogP contribution >= 0.6 is 0 Å². The second kappa shape index (κ2) is 4.29. The average Bonchev–Trinajstić information content (AvgIpc) is 2.37. The van der Waals surface area contributed by atoms with Gasteiger partial charge in [0.05, 0.1) is 20.8 Å². The van der Waals surface area contributed by atoms with E-state index in [-0.39, 0.29) is 17.2 Å². The monoisotopic (exact) mass is 264 g/mol. The van der Waals surface area contributed by atoms with E-state index in [0.717, 1.165) is 18.4 Å². The molecule has 0 bridgehead atoms. The van der Waals surface area contributed by atoms with Crippen molar-refractivity contribution < 1.29 is 19.1 Å². The molecule has 0 N–H and O–H groups in total. The summed E-state index contributed by atoms with van der Waals surface area (Å²) in [5, 5.41) is 21.3. The summed E-state index contributed by atoms with van der Waals surface area (Å²) in [7, 11) is 0. The highest BCUT2D eigenvalue weighted by Crippen LogP contribution is 2.33. The van der Waals surface area contributed by atoms with E-state index >= 15 is 0 Å². The molecule has 9 heteroatoms. The lowest BCUT2D eigenvalue weighted by molar-refractivity contribution is -0.421. The number of carbonyl (C=O) groups is 1. The summed E-state index contributed by atoms with van der Waals surface area (Å²) in [5.74, 6) is 0. The summed E-state index contributed by atoms with van der Waals surface area (Å²) in [5.41, 5.74) is -3.35. The zero-order chi connectivity index (χ0) is 14.2. The first-order valence-corrected chi connectivity index (χ1v) is 4.80. The standard InChI is InChI=1S/C10H4N2O7/c13-3-5-4-19-10-6(9(5)14)1-2-7(11(15)16)8(10)12(17)18/h1-4H. The van der Waals surface area contributed by atoms with E-state index < -0.39 is 32.2 Å². The van der Waals surface area contributed by atoms with Gasteiger partial charge in [-0.25, -0.2) is 0 Å². The van der Waals surface area contributed by atoms with Gasteiger partial charge < -0.3 is 4.42 Å².